The van der Waals surface area contributed by atoms with Gasteiger partial charge in [0.15, 0.2) is 0 Å². The van der Waals surface area contributed by atoms with Gasteiger partial charge in [-0.25, -0.2) is 0 Å². The van der Waals surface area contributed by atoms with Crippen molar-refractivity contribution in [2.45, 2.75) is 39.0 Å². The van der Waals surface area contributed by atoms with Gasteiger partial charge in [0.2, 0.25) is 0 Å². The van der Waals surface area contributed by atoms with Crippen LogP contribution in [0.4, 0.5) is 11.4 Å². The van der Waals surface area contributed by atoms with Crippen molar-refractivity contribution in [2.24, 2.45) is 5.41 Å². The first-order chi connectivity index (χ1) is 10.1. The molecule has 1 aromatic carbocycles. The van der Waals surface area contributed by atoms with Crippen LogP contribution in [0.3, 0.4) is 0 Å². The summed E-state index contributed by atoms with van der Waals surface area (Å²) < 4.78 is 0.958. The Hall–Kier alpha value is -1.29. The first-order valence-corrected chi connectivity index (χ1v) is 8.50. The number of rotatable bonds is 4. The van der Waals surface area contributed by atoms with Gasteiger partial charge >= 0.3 is 0 Å². The van der Waals surface area contributed by atoms with Crippen molar-refractivity contribution in [3.63, 3.8) is 0 Å². The van der Waals surface area contributed by atoms with Crippen molar-refractivity contribution < 1.29 is 0 Å². The smallest absolute Gasteiger partial charge is 0.0954 e. The minimum Gasteiger partial charge on any atom is -0.398 e. The first-order valence-electron chi connectivity index (χ1n) is 7.71. The number of nitrogen functional groups attached to an aromatic ring is 1. The highest BCUT2D eigenvalue weighted by atomic mass is 79.9. The van der Waals surface area contributed by atoms with Crippen LogP contribution in [0.2, 0.25) is 0 Å². The molecule has 4 heteroatoms. The Bertz CT molecular complexity index is 648. The molecule has 1 aliphatic rings. The predicted octanol–water partition coefficient (Wildman–Crippen LogP) is 4.96. The number of pyridine rings is 1. The highest BCUT2D eigenvalue weighted by molar-refractivity contribution is 9.10. The molecule has 2 aromatic rings. The van der Waals surface area contributed by atoms with Gasteiger partial charge in [-0.05, 0) is 58.8 Å². The molecular formula is C17H22BrN3. The maximum atomic E-state index is 6.08. The number of hydrogen-bond acceptors (Lipinski definition) is 3. The fourth-order valence-corrected chi connectivity index (χ4v) is 3.75. The van der Waals surface area contributed by atoms with Crippen LogP contribution in [0.15, 0.2) is 28.9 Å². The van der Waals surface area contributed by atoms with E-state index < -0.39 is 0 Å². The Morgan fingerprint density at radius 2 is 2.10 bits per heavy atom. The number of halogens is 1. The van der Waals surface area contributed by atoms with Crippen LogP contribution in [-0.4, -0.2) is 11.5 Å². The van der Waals surface area contributed by atoms with Crippen LogP contribution in [0, 0.1) is 5.41 Å². The number of anilines is 2. The van der Waals surface area contributed by atoms with E-state index in [0.29, 0.717) is 5.41 Å². The average Bonchev–Trinajstić information content (AvgIpc) is 2.96. The zero-order valence-corrected chi connectivity index (χ0v) is 14.0. The Kier molecular flexibility index (Phi) is 4.07. The zero-order valence-electron chi connectivity index (χ0n) is 12.5. The average molecular weight is 348 g/mol. The molecule has 0 spiro atoms. The van der Waals surface area contributed by atoms with E-state index in [4.69, 9.17) is 5.73 Å². The lowest BCUT2D eigenvalue weighted by molar-refractivity contribution is 0.307. The molecule has 1 heterocycles. The monoisotopic (exact) mass is 347 g/mol. The lowest BCUT2D eigenvalue weighted by Gasteiger charge is -2.28. The fraction of sp³-hybridized carbons (Fsp3) is 0.471. The molecule has 1 aromatic heterocycles. The van der Waals surface area contributed by atoms with E-state index >= 15 is 0 Å². The quantitative estimate of drug-likeness (QED) is 0.768. The second-order valence-corrected chi connectivity index (χ2v) is 7.08. The topological polar surface area (TPSA) is 50.9 Å². The van der Waals surface area contributed by atoms with Crippen LogP contribution in [0.5, 0.6) is 0 Å². The predicted molar refractivity (Wildman–Crippen MR) is 93.5 cm³/mol. The number of nitrogens with one attached hydrogen (secondary N) is 1. The van der Waals surface area contributed by atoms with Crippen LogP contribution in [0.1, 0.15) is 39.0 Å². The van der Waals surface area contributed by atoms with Gasteiger partial charge in [0.1, 0.15) is 0 Å². The second-order valence-electron chi connectivity index (χ2n) is 6.17. The molecule has 112 valence electrons. The van der Waals surface area contributed by atoms with E-state index in [2.05, 4.69) is 39.2 Å². The van der Waals surface area contributed by atoms with Crippen molar-refractivity contribution in [3.05, 3.63) is 28.9 Å². The molecule has 0 atom stereocenters. The minimum absolute atomic E-state index is 0.461. The lowest BCUT2D eigenvalue weighted by atomic mass is 9.83. The molecule has 0 amide bonds. The minimum atomic E-state index is 0.461. The van der Waals surface area contributed by atoms with E-state index in [0.717, 1.165) is 33.3 Å². The molecule has 0 unspecified atom stereocenters. The maximum Gasteiger partial charge on any atom is 0.0954 e. The molecule has 1 aliphatic carbocycles. The van der Waals surface area contributed by atoms with Crippen LogP contribution in [-0.2, 0) is 0 Å². The molecule has 1 fully saturated rings. The number of benzene rings is 1. The molecule has 0 bridgehead atoms. The Morgan fingerprint density at radius 1 is 1.33 bits per heavy atom. The molecule has 3 N–H and O–H groups in total. The van der Waals surface area contributed by atoms with Crippen LogP contribution < -0.4 is 11.1 Å². The van der Waals surface area contributed by atoms with E-state index in [9.17, 15) is 0 Å². The third-order valence-electron chi connectivity index (χ3n) is 4.92. The number of hydrogen-bond donors (Lipinski definition) is 2. The second kappa shape index (κ2) is 5.84. The molecule has 0 aliphatic heterocycles. The van der Waals surface area contributed by atoms with E-state index in [1.54, 1.807) is 0 Å². The summed E-state index contributed by atoms with van der Waals surface area (Å²) in [6, 6.07) is 6.05. The van der Waals surface area contributed by atoms with Crippen LogP contribution >= 0.6 is 15.9 Å². The Morgan fingerprint density at radius 3 is 2.81 bits per heavy atom. The number of fused-ring (bicyclic) bond motifs is 1. The Balaban J connectivity index is 1.89. The van der Waals surface area contributed by atoms with Crippen molar-refractivity contribution >= 4 is 38.2 Å². The molecule has 3 rings (SSSR count). The van der Waals surface area contributed by atoms with Gasteiger partial charge in [0.25, 0.3) is 0 Å². The zero-order chi connectivity index (χ0) is 14.9. The lowest BCUT2D eigenvalue weighted by Crippen LogP contribution is -2.26. The molecular weight excluding hydrogens is 326 g/mol. The molecule has 1 saturated carbocycles. The summed E-state index contributed by atoms with van der Waals surface area (Å²) in [4.78, 5) is 4.55. The molecule has 0 saturated heterocycles. The van der Waals surface area contributed by atoms with E-state index in [-0.39, 0.29) is 0 Å². The summed E-state index contributed by atoms with van der Waals surface area (Å²) in [6.45, 7) is 3.34. The van der Waals surface area contributed by atoms with Crippen molar-refractivity contribution in [3.8, 4) is 0 Å². The van der Waals surface area contributed by atoms with Gasteiger partial charge < -0.3 is 11.1 Å². The summed E-state index contributed by atoms with van der Waals surface area (Å²) in [5.74, 6) is 0. The first kappa shape index (κ1) is 14.6. The van der Waals surface area contributed by atoms with E-state index in [1.165, 1.54) is 32.1 Å². The van der Waals surface area contributed by atoms with Crippen LogP contribution in [0.25, 0.3) is 10.9 Å². The van der Waals surface area contributed by atoms with Crippen molar-refractivity contribution in [1.29, 1.82) is 0 Å². The van der Waals surface area contributed by atoms with Gasteiger partial charge in [0.05, 0.1) is 11.2 Å². The standard InChI is InChI=1S/C17H22BrN3/c1-2-17(7-3-4-8-17)11-21-15-6-5-14(19)13-9-12(18)10-20-16(13)15/h5-6,9-10,21H,2-4,7-8,11,19H2,1H3. The van der Waals surface area contributed by atoms with Gasteiger partial charge in [-0.1, -0.05) is 19.8 Å². The maximum absolute atomic E-state index is 6.08. The largest absolute Gasteiger partial charge is 0.398 e. The summed E-state index contributed by atoms with van der Waals surface area (Å²) in [5.41, 5.74) is 9.36. The molecule has 0 radical (unpaired) electrons. The van der Waals surface area contributed by atoms with Gasteiger partial charge in [0, 0.05) is 28.3 Å². The third-order valence-corrected chi connectivity index (χ3v) is 5.35. The third kappa shape index (κ3) is 2.86. The van der Waals surface area contributed by atoms with Gasteiger partial charge in [-0.15, -0.1) is 0 Å². The number of nitrogens with zero attached hydrogens (tertiary/aromatic N) is 1. The number of nitrogens with two attached hydrogens (primary N) is 1. The highest BCUT2D eigenvalue weighted by Crippen LogP contribution is 2.41. The molecule has 3 nitrogen and oxygen atoms in total. The SMILES string of the molecule is CCC1(CNc2ccc(N)c3cc(Br)cnc23)CCCC1. The van der Waals surface area contributed by atoms with E-state index in [1.807, 2.05) is 18.3 Å². The van der Waals surface area contributed by atoms with Crippen molar-refractivity contribution in [1.82, 2.24) is 4.98 Å². The highest BCUT2D eigenvalue weighted by Gasteiger charge is 2.31. The fourth-order valence-electron chi connectivity index (χ4n) is 3.42. The molecule has 21 heavy (non-hydrogen) atoms. The Labute approximate surface area is 134 Å². The summed E-state index contributed by atoms with van der Waals surface area (Å²) >= 11 is 3.47. The summed E-state index contributed by atoms with van der Waals surface area (Å²) in [6.07, 6.45) is 8.47. The van der Waals surface area contributed by atoms with Gasteiger partial charge in [-0.3, -0.25) is 4.98 Å². The van der Waals surface area contributed by atoms with Gasteiger partial charge in [-0.2, -0.15) is 0 Å². The normalized spacial score (nSPS) is 17.2. The summed E-state index contributed by atoms with van der Waals surface area (Å²) in [5, 5.41) is 4.64. The number of aromatic nitrogens is 1. The van der Waals surface area contributed by atoms with Crippen molar-refractivity contribution in [2.75, 3.05) is 17.6 Å². The summed E-state index contributed by atoms with van der Waals surface area (Å²) in [7, 11) is 0.